The van der Waals surface area contributed by atoms with E-state index in [2.05, 4.69) is 10.3 Å². The lowest BCUT2D eigenvalue weighted by Crippen LogP contribution is -2.52. The lowest BCUT2D eigenvalue weighted by atomic mass is 9.94. The number of allylic oxidation sites excluding steroid dienone is 2. The molecule has 35 heavy (non-hydrogen) atoms. The Morgan fingerprint density at radius 3 is 2.69 bits per heavy atom. The van der Waals surface area contributed by atoms with Gasteiger partial charge in [0.05, 0.1) is 31.3 Å². The lowest BCUT2D eigenvalue weighted by molar-refractivity contribution is -0.135. The van der Waals surface area contributed by atoms with Gasteiger partial charge in [0.1, 0.15) is 22.9 Å². The van der Waals surface area contributed by atoms with Crippen molar-refractivity contribution in [2.24, 2.45) is 10.9 Å². The molecule has 190 valence electrons. The molecule has 7 nitrogen and oxygen atoms in total. The fourth-order valence-electron chi connectivity index (χ4n) is 4.49. The van der Waals surface area contributed by atoms with Gasteiger partial charge in [-0.15, -0.1) is 0 Å². The molecule has 0 aromatic heterocycles. The predicted octanol–water partition coefficient (Wildman–Crippen LogP) is 3.93. The Bertz CT molecular complexity index is 1130. The number of nitrogens with one attached hydrogen (secondary N) is 1. The van der Waals surface area contributed by atoms with Gasteiger partial charge in [0.25, 0.3) is 5.92 Å². The summed E-state index contributed by atoms with van der Waals surface area (Å²) in [5, 5.41) is 2.87. The molecule has 2 aliphatic heterocycles. The van der Waals surface area contributed by atoms with E-state index in [1.54, 1.807) is 20.0 Å². The van der Waals surface area contributed by atoms with Crippen LogP contribution in [0.2, 0.25) is 0 Å². The lowest BCUT2D eigenvalue weighted by Gasteiger charge is -2.36. The normalized spacial score (nSPS) is 26.5. The SMILES string of the molecule is CN=C(OC1=C(F)C2C=C(C)NC2C(F)=C1)c1c(N)cc(OC)cc1O[C@@H]1CCN(C)CC1(F)F. The molecular formula is C24H28F4N4O3. The molecule has 0 radical (unpaired) electrons. The standard InChI is InChI=1S/C24H28F4N4O3/c1-12-7-14-21(26)18(10-15(25)22(14)31-12)35-23(30-2)20-16(29)8-13(33-4)9-17(20)34-19-5-6-32(3)11-24(19,27)28/h7-10,14,19,22,31H,5-6,11,29H2,1-4H3/t14?,19-,22?/m1/s1. The van der Waals surface area contributed by atoms with Gasteiger partial charge >= 0.3 is 0 Å². The quantitative estimate of drug-likeness (QED) is 0.278. The number of ether oxygens (including phenoxy) is 3. The molecule has 1 saturated heterocycles. The minimum atomic E-state index is -3.13. The zero-order valence-electron chi connectivity index (χ0n) is 19.9. The monoisotopic (exact) mass is 496 g/mol. The van der Waals surface area contributed by atoms with Crippen molar-refractivity contribution in [1.82, 2.24) is 10.2 Å². The first-order valence-electron chi connectivity index (χ1n) is 11.1. The topological polar surface area (TPSA) is 81.3 Å². The summed E-state index contributed by atoms with van der Waals surface area (Å²) in [6.07, 6.45) is 1.13. The minimum Gasteiger partial charge on any atom is -0.497 e. The predicted molar refractivity (Wildman–Crippen MR) is 124 cm³/mol. The van der Waals surface area contributed by atoms with Crippen LogP contribution in [0.1, 0.15) is 18.9 Å². The largest absolute Gasteiger partial charge is 0.497 e. The van der Waals surface area contributed by atoms with Crippen molar-refractivity contribution in [2.45, 2.75) is 31.4 Å². The van der Waals surface area contributed by atoms with Gasteiger partial charge in [-0.25, -0.2) is 17.6 Å². The average molecular weight is 497 g/mol. The average Bonchev–Trinajstić information content (AvgIpc) is 3.19. The third-order valence-corrected chi connectivity index (χ3v) is 6.23. The summed E-state index contributed by atoms with van der Waals surface area (Å²) in [4.78, 5) is 5.56. The van der Waals surface area contributed by atoms with Crippen LogP contribution in [0.15, 0.2) is 52.4 Å². The molecular weight excluding hydrogens is 468 g/mol. The molecule has 2 heterocycles. The smallest absolute Gasteiger partial charge is 0.296 e. The van der Waals surface area contributed by atoms with Crippen molar-refractivity contribution >= 4 is 11.6 Å². The maximum absolute atomic E-state index is 15.2. The van der Waals surface area contributed by atoms with E-state index in [-0.39, 0.29) is 40.8 Å². The van der Waals surface area contributed by atoms with Crippen molar-refractivity contribution in [2.75, 3.05) is 40.0 Å². The molecule has 0 spiro atoms. The first-order chi connectivity index (χ1) is 16.5. The number of hydrogen-bond acceptors (Lipinski definition) is 7. The minimum absolute atomic E-state index is 0.0375. The second kappa shape index (κ2) is 9.44. The van der Waals surface area contributed by atoms with E-state index in [4.69, 9.17) is 19.9 Å². The molecule has 3 N–H and O–H groups in total. The molecule has 1 aromatic carbocycles. The second-order valence-electron chi connectivity index (χ2n) is 8.85. The fraction of sp³-hybridized carbons (Fsp3) is 0.458. The first-order valence-corrected chi connectivity index (χ1v) is 11.1. The van der Waals surface area contributed by atoms with E-state index >= 15 is 4.39 Å². The van der Waals surface area contributed by atoms with Gasteiger partial charge in [0.15, 0.2) is 17.7 Å². The van der Waals surface area contributed by atoms with Crippen molar-refractivity contribution in [3.8, 4) is 11.5 Å². The van der Waals surface area contributed by atoms with Gasteiger partial charge in [0.2, 0.25) is 5.90 Å². The number of piperidine rings is 1. The third kappa shape index (κ3) is 4.82. The summed E-state index contributed by atoms with van der Waals surface area (Å²) in [5.74, 6) is -5.71. The number of rotatable bonds is 5. The molecule has 11 heteroatoms. The molecule has 0 bridgehead atoms. The number of anilines is 1. The van der Waals surface area contributed by atoms with Crippen molar-refractivity contribution in [3.63, 3.8) is 0 Å². The molecule has 3 aliphatic rings. The zero-order chi connectivity index (χ0) is 25.5. The maximum Gasteiger partial charge on any atom is 0.296 e. The molecule has 1 aromatic rings. The number of fused-ring (bicyclic) bond motifs is 1. The van der Waals surface area contributed by atoms with Gasteiger partial charge in [0, 0.05) is 43.9 Å². The summed E-state index contributed by atoms with van der Waals surface area (Å²) >= 11 is 0. The van der Waals surface area contributed by atoms with Crippen LogP contribution in [0.4, 0.5) is 23.2 Å². The summed E-state index contributed by atoms with van der Waals surface area (Å²) in [6.45, 7) is 1.65. The number of methoxy groups -OCH3 is 1. The summed E-state index contributed by atoms with van der Waals surface area (Å²) < 4.78 is 76.0. The van der Waals surface area contributed by atoms with E-state index in [0.717, 1.165) is 6.08 Å². The molecule has 0 saturated carbocycles. The number of alkyl halides is 2. The van der Waals surface area contributed by atoms with E-state index < -0.39 is 42.2 Å². The highest BCUT2D eigenvalue weighted by Gasteiger charge is 2.46. The Labute approximate surface area is 200 Å². The number of halogens is 4. The van der Waals surface area contributed by atoms with Crippen LogP contribution in [0.5, 0.6) is 11.5 Å². The zero-order valence-corrected chi connectivity index (χ0v) is 19.9. The Balaban J connectivity index is 1.70. The van der Waals surface area contributed by atoms with Crippen LogP contribution in [0.25, 0.3) is 0 Å². The number of hydrogen-bond donors (Lipinski definition) is 2. The van der Waals surface area contributed by atoms with Crippen LogP contribution < -0.4 is 20.5 Å². The Hall–Kier alpha value is -3.21. The number of nitrogens with zero attached hydrogens (tertiary/aromatic N) is 2. The van der Waals surface area contributed by atoms with Gasteiger partial charge in [-0.2, -0.15) is 0 Å². The Kier molecular flexibility index (Phi) is 6.72. The number of aliphatic imine (C=N–C) groups is 1. The van der Waals surface area contributed by atoms with Crippen LogP contribution in [0, 0.1) is 5.92 Å². The summed E-state index contributed by atoms with van der Waals surface area (Å²) in [6, 6.07) is 1.98. The van der Waals surface area contributed by atoms with Gasteiger partial charge in [-0.3, -0.25) is 4.99 Å². The molecule has 4 rings (SSSR count). The highest BCUT2D eigenvalue weighted by Crippen LogP contribution is 2.40. The molecule has 1 fully saturated rings. The summed E-state index contributed by atoms with van der Waals surface area (Å²) in [5.41, 5.74) is 6.93. The van der Waals surface area contributed by atoms with Crippen molar-refractivity contribution in [3.05, 3.63) is 53.0 Å². The second-order valence-corrected chi connectivity index (χ2v) is 8.85. The Morgan fingerprint density at radius 1 is 1.29 bits per heavy atom. The Morgan fingerprint density at radius 2 is 2.03 bits per heavy atom. The van der Waals surface area contributed by atoms with E-state index in [9.17, 15) is 13.2 Å². The maximum atomic E-state index is 15.2. The van der Waals surface area contributed by atoms with Gasteiger partial charge in [-0.05, 0) is 14.0 Å². The summed E-state index contributed by atoms with van der Waals surface area (Å²) in [7, 11) is 4.36. The fourth-order valence-corrected chi connectivity index (χ4v) is 4.49. The van der Waals surface area contributed by atoms with E-state index in [0.29, 0.717) is 12.2 Å². The first kappa shape index (κ1) is 24.9. The van der Waals surface area contributed by atoms with Crippen LogP contribution in [-0.4, -0.2) is 63.2 Å². The van der Waals surface area contributed by atoms with E-state index in [1.165, 1.54) is 31.2 Å². The number of nitrogen functional groups attached to an aromatic ring is 1. The molecule has 0 amide bonds. The molecule has 1 aliphatic carbocycles. The van der Waals surface area contributed by atoms with Crippen molar-refractivity contribution < 1.29 is 31.8 Å². The van der Waals surface area contributed by atoms with Gasteiger partial charge in [-0.1, -0.05) is 6.08 Å². The van der Waals surface area contributed by atoms with Crippen molar-refractivity contribution in [1.29, 1.82) is 0 Å². The number of benzene rings is 1. The van der Waals surface area contributed by atoms with Gasteiger partial charge < -0.3 is 30.2 Å². The number of nitrogens with two attached hydrogens (primary N) is 1. The van der Waals surface area contributed by atoms with Crippen LogP contribution in [-0.2, 0) is 4.74 Å². The molecule has 2 unspecified atom stereocenters. The van der Waals surface area contributed by atoms with Crippen LogP contribution in [0.3, 0.4) is 0 Å². The van der Waals surface area contributed by atoms with Crippen LogP contribution >= 0.6 is 0 Å². The molecule has 3 atom stereocenters. The highest BCUT2D eigenvalue weighted by atomic mass is 19.3. The van der Waals surface area contributed by atoms with E-state index in [1.807, 2.05) is 0 Å². The third-order valence-electron chi connectivity index (χ3n) is 6.23. The number of likely N-dealkylation sites (tertiary alicyclic amines) is 1. The highest BCUT2D eigenvalue weighted by molar-refractivity contribution is 6.02.